The normalized spacial score (nSPS) is 13.3. The van der Waals surface area contributed by atoms with E-state index in [-0.39, 0.29) is 11.8 Å². The molecule has 2 heterocycles. The Morgan fingerprint density at radius 3 is 2.45 bits per heavy atom. The van der Waals surface area contributed by atoms with Crippen molar-refractivity contribution >= 4 is 11.8 Å². The largest absolute Gasteiger partial charge is 0.352 e. The predicted octanol–water partition coefficient (Wildman–Crippen LogP) is 2.98. The summed E-state index contributed by atoms with van der Waals surface area (Å²) in [5, 5.41) is 13.8. The fourth-order valence-electron chi connectivity index (χ4n) is 2.82. The molecule has 0 saturated heterocycles. The van der Waals surface area contributed by atoms with Gasteiger partial charge in [0.15, 0.2) is 5.66 Å². The van der Waals surface area contributed by atoms with E-state index >= 15 is 0 Å². The summed E-state index contributed by atoms with van der Waals surface area (Å²) in [7, 11) is 0. The molecule has 7 nitrogen and oxygen atoms in total. The highest BCUT2D eigenvalue weighted by atomic mass is 16.2. The molecule has 0 bridgehead atoms. The van der Waals surface area contributed by atoms with Crippen LogP contribution in [0.5, 0.6) is 0 Å². The quantitative estimate of drug-likeness (QED) is 0.612. The molecule has 2 amide bonds. The van der Waals surface area contributed by atoms with Crippen LogP contribution in [0.25, 0.3) is 0 Å². The van der Waals surface area contributed by atoms with Crippen LogP contribution in [0.1, 0.15) is 47.3 Å². The summed E-state index contributed by atoms with van der Waals surface area (Å²) >= 11 is 0. The van der Waals surface area contributed by atoms with Crippen LogP contribution in [-0.2, 0) is 17.9 Å². The highest BCUT2D eigenvalue weighted by Gasteiger charge is 2.39. The molecule has 7 heteroatoms. The standard InChI is InChI=1S/C22H23N5O2/c1-2-3-12-22(26-27-22)13-11-20(28)24-15-17-7-9-18(10-8-17)21(29)25-16-19-6-4-5-14-23-19/h1,4-10,14H,3,11-13,15-16H2,(H,24,28)(H,25,29). The van der Waals surface area contributed by atoms with Crippen molar-refractivity contribution in [2.24, 2.45) is 10.2 Å². The van der Waals surface area contributed by atoms with Crippen LogP contribution in [0.15, 0.2) is 58.9 Å². The average Bonchev–Trinajstić information content (AvgIpc) is 3.54. The van der Waals surface area contributed by atoms with Crippen LogP contribution in [-0.4, -0.2) is 22.5 Å². The molecule has 0 atom stereocenters. The van der Waals surface area contributed by atoms with Gasteiger partial charge in [-0.05, 0) is 29.8 Å². The minimum Gasteiger partial charge on any atom is -0.352 e. The number of aromatic nitrogens is 1. The zero-order chi connectivity index (χ0) is 20.5. The van der Waals surface area contributed by atoms with Crippen molar-refractivity contribution in [3.8, 4) is 12.3 Å². The molecule has 0 aliphatic carbocycles. The van der Waals surface area contributed by atoms with Gasteiger partial charge in [-0.2, -0.15) is 10.2 Å². The van der Waals surface area contributed by atoms with Gasteiger partial charge in [-0.15, -0.1) is 12.3 Å². The molecule has 1 aromatic carbocycles. The van der Waals surface area contributed by atoms with Gasteiger partial charge in [-0.1, -0.05) is 18.2 Å². The number of hydrogen-bond donors (Lipinski definition) is 2. The summed E-state index contributed by atoms with van der Waals surface area (Å²) in [6.07, 6.45) is 9.19. The monoisotopic (exact) mass is 389 g/mol. The van der Waals surface area contributed by atoms with Crippen molar-refractivity contribution in [3.05, 3.63) is 65.5 Å². The van der Waals surface area contributed by atoms with E-state index in [9.17, 15) is 9.59 Å². The first-order chi connectivity index (χ1) is 14.1. The maximum absolute atomic E-state index is 12.2. The molecule has 1 aliphatic heterocycles. The molecule has 1 aliphatic rings. The Kier molecular flexibility index (Phi) is 6.69. The van der Waals surface area contributed by atoms with Crippen LogP contribution in [0.4, 0.5) is 0 Å². The van der Waals surface area contributed by atoms with Crippen LogP contribution in [0, 0.1) is 12.3 Å². The fraction of sp³-hybridized carbons (Fsp3) is 0.318. The van der Waals surface area contributed by atoms with Crippen molar-refractivity contribution < 1.29 is 9.59 Å². The molecule has 0 unspecified atom stereocenters. The van der Waals surface area contributed by atoms with Gasteiger partial charge >= 0.3 is 0 Å². The third kappa shape index (κ3) is 6.25. The van der Waals surface area contributed by atoms with E-state index in [2.05, 4.69) is 31.8 Å². The number of amides is 2. The van der Waals surface area contributed by atoms with Gasteiger partial charge in [0, 0.05) is 44.0 Å². The van der Waals surface area contributed by atoms with Gasteiger partial charge < -0.3 is 10.6 Å². The molecule has 0 radical (unpaired) electrons. The van der Waals surface area contributed by atoms with Crippen molar-refractivity contribution in [2.45, 2.75) is 44.4 Å². The third-order valence-electron chi connectivity index (χ3n) is 4.67. The molecule has 148 valence electrons. The highest BCUT2D eigenvalue weighted by Crippen LogP contribution is 2.37. The lowest BCUT2D eigenvalue weighted by Crippen LogP contribution is -2.25. The second-order valence-corrected chi connectivity index (χ2v) is 6.86. The van der Waals surface area contributed by atoms with E-state index < -0.39 is 5.66 Å². The fourth-order valence-corrected chi connectivity index (χ4v) is 2.82. The Hall–Kier alpha value is -3.53. The minimum absolute atomic E-state index is 0.0560. The second-order valence-electron chi connectivity index (χ2n) is 6.86. The third-order valence-corrected chi connectivity index (χ3v) is 4.67. The molecule has 2 aromatic rings. The lowest BCUT2D eigenvalue weighted by atomic mass is 10.0. The summed E-state index contributed by atoms with van der Waals surface area (Å²) in [4.78, 5) is 28.4. The smallest absolute Gasteiger partial charge is 0.251 e. The lowest BCUT2D eigenvalue weighted by molar-refractivity contribution is -0.121. The number of pyridine rings is 1. The molecular weight excluding hydrogens is 366 g/mol. The van der Waals surface area contributed by atoms with Gasteiger partial charge in [-0.3, -0.25) is 14.6 Å². The first-order valence-corrected chi connectivity index (χ1v) is 9.51. The van der Waals surface area contributed by atoms with E-state index in [1.165, 1.54) is 0 Å². The predicted molar refractivity (Wildman–Crippen MR) is 109 cm³/mol. The Morgan fingerprint density at radius 2 is 1.79 bits per heavy atom. The average molecular weight is 389 g/mol. The Labute approximate surface area is 170 Å². The van der Waals surface area contributed by atoms with Crippen LogP contribution >= 0.6 is 0 Å². The summed E-state index contributed by atoms with van der Waals surface area (Å²) in [5.41, 5.74) is 1.84. The van der Waals surface area contributed by atoms with E-state index in [0.29, 0.717) is 44.3 Å². The molecule has 2 N–H and O–H groups in total. The second kappa shape index (κ2) is 9.60. The van der Waals surface area contributed by atoms with Crippen molar-refractivity contribution in [3.63, 3.8) is 0 Å². The van der Waals surface area contributed by atoms with Gasteiger partial charge in [0.05, 0.1) is 12.2 Å². The topological polar surface area (TPSA) is 95.8 Å². The molecule has 29 heavy (non-hydrogen) atoms. The van der Waals surface area contributed by atoms with E-state index in [0.717, 1.165) is 11.3 Å². The number of hydrogen-bond acceptors (Lipinski definition) is 5. The summed E-state index contributed by atoms with van der Waals surface area (Å²) < 4.78 is 0. The van der Waals surface area contributed by atoms with Gasteiger partial charge in [0.25, 0.3) is 5.91 Å². The Bertz CT molecular complexity index is 910. The number of carbonyl (C=O) groups is 2. The van der Waals surface area contributed by atoms with E-state index in [1.54, 1.807) is 18.3 Å². The molecule has 0 spiro atoms. The SMILES string of the molecule is C#CCCC1(CCC(=O)NCc2ccc(C(=O)NCc3ccccn3)cc2)N=N1. The summed E-state index contributed by atoms with van der Waals surface area (Å²) in [6.45, 7) is 0.777. The minimum atomic E-state index is -0.437. The first-order valence-electron chi connectivity index (χ1n) is 9.51. The zero-order valence-corrected chi connectivity index (χ0v) is 16.1. The van der Waals surface area contributed by atoms with Crippen LogP contribution in [0.2, 0.25) is 0 Å². The Balaban J connectivity index is 1.39. The molecule has 0 saturated carbocycles. The maximum atomic E-state index is 12.2. The zero-order valence-electron chi connectivity index (χ0n) is 16.1. The van der Waals surface area contributed by atoms with Crippen molar-refractivity contribution in [2.75, 3.05) is 0 Å². The van der Waals surface area contributed by atoms with E-state index in [4.69, 9.17) is 6.42 Å². The van der Waals surface area contributed by atoms with Gasteiger partial charge in [0.2, 0.25) is 5.91 Å². The number of terminal acetylenes is 1. The summed E-state index contributed by atoms with van der Waals surface area (Å²) in [5.74, 6) is 2.35. The first kappa shape index (κ1) is 20.2. The van der Waals surface area contributed by atoms with Crippen LogP contribution < -0.4 is 10.6 Å². The number of benzene rings is 1. The van der Waals surface area contributed by atoms with Gasteiger partial charge in [0.1, 0.15) is 0 Å². The molecular formula is C22H23N5O2. The number of nitrogens with one attached hydrogen (secondary N) is 2. The lowest BCUT2D eigenvalue weighted by Gasteiger charge is -2.10. The number of nitrogens with zero attached hydrogens (tertiary/aromatic N) is 3. The Morgan fingerprint density at radius 1 is 1.00 bits per heavy atom. The molecule has 3 rings (SSSR count). The summed E-state index contributed by atoms with van der Waals surface area (Å²) in [6, 6.07) is 12.7. The number of rotatable bonds is 10. The van der Waals surface area contributed by atoms with Crippen molar-refractivity contribution in [1.82, 2.24) is 15.6 Å². The van der Waals surface area contributed by atoms with Crippen molar-refractivity contribution in [1.29, 1.82) is 0 Å². The number of carbonyl (C=O) groups excluding carboxylic acids is 2. The molecule has 0 fully saturated rings. The molecule has 1 aromatic heterocycles. The van der Waals surface area contributed by atoms with Crippen LogP contribution in [0.3, 0.4) is 0 Å². The van der Waals surface area contributed by atoms with Gasteiger partial charge in [-0.25, -0.2) is 0 Å². The maximum Gasteiger partial charge on any atom is 0.251 e. The highest BCUT2D eigenvalue weighted by molar-refractivity contribution is 5.94. The van der Waals surface area contributed by atoms with E-state index in [1.807, 2.05) is 30.3 Å².